The van der Waals surface area contributed by atoms with Gasteiger partial charge < -0.3 is 14.6 Å². The van der Waals surface area contributed by atoms with E-state index in [2.05, 4.69) is 20.4 Å². The molecule has 0 atom stereocenters. The molecule has 0 amide bonds. The zero-order chi connectivity index (χ0) is 23.1. The normalized spacial score (nSPS) is 11.2. The lowest BCUT2D eigenvalue weighted by Gasteiger charge is -2.11. The number of halogens is 2. The molecular weight excluding hydrogens is 426 g/mol. The number of nitrogens with zero attached hydrogens (tertiary/aromatic N) is 5. The van der Waals surface area contributed by atoms with Crippen LogP contribution in [0, 0.1) is 25.5 Å². The van der Waals surface area contributed by atoms with Crippen molar-refractivity contribution < 1.29 is 13.5 Å². The highest BCUT2D eigenvalue weighted by Gasteiger charge is 2.14. The SMILES string of the molecule is COc1cc(Nc2nc3c(-c4ccc(F)c(F)c4)cc(C)cn3n2)ccc1-n1cnc(C)c1. The number of aromatic nitrogens is 5. The van der Waals surface area contributed by atoms with E-state index in [0.29, 0.717) is 28.5 Å². The first-order valence-corrected chi connectivity index (χ1v) is 10.2. The molecule has 33 heavy (non-hydrogen) atoms. The van der Waals surface area contributed by atoms with Crippen molar-refractivity contribution in [1.82, 2.24) is 24.1 Å². The van der Waals surface area contributed by atoms with Gasteiger partial charge in [0.15, 0.2) is 17.3 Å². The smallest absolute Gasteiger partial charge is 0.247 e. The molecule has 0 radical (unpaired) electrons. The Morgan fingerprint density at radius 3 is 2.55 bits per heavy atom. The molecule has 1 N–H and O–H groups in total. The molecule has 0 unspecified atom stereocenters. The summed E-state index contributed by atoms with van der Waals surface area (Å²) < 4.78 is 36.3. The van der Waals surface area contributed by atoms with E-state index in [9.17, 15) is 8.78 Å². The average molecular weight is 446 g/mol. The molecule has 166 valence electrons. The minimum absolute atomic E-state index is 0.359. The van der Waals surface area contributed by atoms with Crippen molar-refractivity contribution in [3.8, 4) is 22.6 Å². The van der Waals surface area contributed by atoms with Gasteiger partial charge in [-0.2, -0.15) is 4.98 Å². The Kier molecular flexibility index (Phi) is 5.01. The number of benzene rings is 2. The third-order valence-corrected chi connectivity index (χ3v) is 5.23. The van der Waals surface area contributed by atoms with Crippen LogP contribution in [0.25, 0.3) is 22.5 Å². The zero-order valence-electron chi connectivity index (χ0n) is 18.2. The Labute approximate surface area is 188 Å². The Balaban J connectivity index is 1.52. The van der Waals surface area contributed by atoms with Crippen LogP contribution in [-0.4, -0.2) is 31.3 Å². The molecule has 0 aliphatic heterocycles. The standard InChI is InChI=1S/C24H20F2N6O/c1-14-8-18(16-4-6-19(25)20(26)9-16)23-29-24(30-32(23)11-14)28-17-5-7-21(22(10-17)33-3)31-12-15(2)27-13-31/h4-13H,1-3H3,(H,28,30). The van der Waals surface area contributed by atoms with Gasteiger partial charge in [-0.15, -0.1) is 5.10 Å². The number of pyridine rings is 1. The molecule has 7 nitrogen and oxygen atoms in total. The summed E-state index contributed by atoms with van der Waals surface area (Å²) in [6, 6.07) is 11.3. The Morgan fingerprint density at radius 2 is 1.82 bits per heavy atom. The summed E-state index contributed by atoms with van der Waals surface area (Å²) in [4.78, 5) is 8.84. The molecule has 0 fully saturated rings. The van der Waals surface area contributed by atoms with Gasteiger partial charge >= 0.3 is 0 Å². The van der Waals surface area contributed by atoms with Crippen molar-refractivity contribution in [1.29, 1.82) is 0 Å². The van der Waals surface area contributed by atoms with Gasteiger partial charge in [-0.05, 0) is 55.3 Å². The fourth-order valence-electron chi connectivity index (χ4n) is 3.70. The van der Waals surface area contributed by atoms with Gasteiger partial charge in [-0.1, -0.05) is 6.07 Å². The maximum Gasteiger partial charge on any atom is 0.247 e. The van der Waals surface area contributed by atoms with Gasteiger partial charge in [0.2, 0.25) is 5.95 Å². The molecule has 0 bridgehead atoms. The Bertz CT molecular complexity index is 1490. The molecule has 5 aromatic rings. The molecule has 0 saturated carbocycles. The lowest BCUT2D eigenvalue weighted by atomic mass is 10.1. The number of fused-ring (bicyclic) bond motifs is 1. The lowest BCUT2D eigenvalue weighted by molar-refractivity contribution is 0.413. The van der Waals surface area contributed by atoms with Crippen LogP contribution in [0.1, 0.15) is 11.3 Å². The second-order valence-electron chi connectivity index (χ2n) is 7.70. The molecule has 3 heterocycles. The average Bonchev–Trinajstić information content (AvgIpc) is 3.40. The van der Waals surface area contributed by atoms with Gasteiger partial charge in [0.1, 0.15) is 5.75 Å². The second kappa shape index (κ2) is 8.01. The van der Waals surface area contributed by atoms with Crippen LogP contribution in [-0.2, 0) is 0 Å². The third-order valence-electron chi connectivity index (χ3n) is 5.23. The zero-order valence-corrected chi connectivity index (χ0v) is 18.2. The van der Waals surface area contributed by atoms with E-state index in [1.54, 1.807) is 18.0 Å². The van der Waals surface area contributed by atoms with Crippen LogP contribution in [0.4, 0.5) is 20.4 Å². The molecule has 0 spiro atoms. The number of methoxy groups -OCH3 is 1. The molecule has 0 aliphatic carbocycles. The topological polar surface area (TPSA) is 69.3 Å². The largest absolute Gasteiger partial charge is 0.494 e. The maximum absolute atomic E-state index is 13.8. The van der Waals surface area contributed by atoms with Crippen molar-refractivity contribution >= 4 is 17.3 Å². The summed E-state index contributed by atoms with van der Waals surface area (Å²) >= 11 is 0. The first kappa shape index (κ1) is 20.6. The van der Waals surface area contributed by atoms with Gasteiger partial charge in [0.05, 0.1) is 24.8 Å². The summed E-state index contributed by atoms with van der Waals surface area (Å²) in [5, 5.41) is 7.69. The van der Waals surface area contributed by atoms with Crippen molar-refractivity contribution in [2.24, 2.45) is 0 Å². The van der Waals surface area contributed by atoms with Crippen LogP contribution in [0.2, 0.25) is 0 Å². The van der Waals surface area contributed by atoms with Gasteiger partial charge in [0, 0.05) is 29.7 Å². The highest BCUT2D eigenvalue weighted by molar-refractivity contribution is 5.79. The fourth-order valence-corrected chi connectivity index (χ4v) is 3.70. The minimum atomic E-state index is -0.912. The highest BCUT2D eigenvalue weighted by atomic mass is 19.2. The number of hydrogen-bond acceptors (Lipinski definition) is 5. The molecule has 3 aromatic heterocycles. The van der Waals surface area contributed by atoms with E-state index in [-0.39, 0.29) is 0 Å². The Hall–Kier alpha value is -4.27. The fraction of sp³-hybridized carbons (Fsp3) is 0.125. The van der Waals surface area contributed by atoms with E-state index in [1.165, 1.54) is 6.07 Å². The van der Waals surface area contributed by atoms with Gasteiger partial charge in [-0.3, -0.25) is 0 Å². The first-order valence-electron chi connectivity index (χ1n) is 10.2. The van der Waals surface area contributed by atoms with E-state index in [1.807, 2.05) is 55.1 Å². The van der Waals surface area contributed by atoms with Crippen LogP contribution >= 0.6 is 0 Å². The van der Waals surface area contributed by atoms with Crippen molar-refractivity contribution in [3.63, 3.8) is 0 Å². The molecule has 0 aliphatic rings. The number of rotatable bonds is 5. The van der Waals surface area contributed by atoms with Crippen LogP contribution < -0.4 is 10.1 Å². The predicted octanol–water partition coefficient (Wildman–Crippen LogP) is 5.23. The molecular formula is C24H20F2N6O. The number of imidazole rings is 1. The van der Waals surface area contributed by atoms with Crippen LogP contribution in [0.5, 0.6) is 5.75 Å². The molecule has 9 heteroatoms. The van der Waals surface area contributed by atoms with Crippen molar-refractivity contribution in [3.05, 3.63) is 84.1 Å². The third kappa shape index (κ3) is 3.89. The summed E-state index contributed by atoms with van der Waals surface area (Å²) in [5.41, 5.74) is 5.07. The molecule has 0 saturated heterocycles. The van der Waals surface area contributed by atoms with Crippen LogP contribution in [0.3, 0.4) is 0 Å². The number of anilines is 2. The second-order valence-corrected chi connectivity index (χ2v) is 7.70. The monoisotopic (exact) mass is 446 g/mol. The van der Waals surface area contributed by atoms with E-state index in [4.69, 9.17) is 4.74 Å². The van der Waals surface area contributed by atoms with Gasteiger partial charge in [0.25, 0.3) is 0 Å². The van der Waals surface area contributed by atoms with Crippen LogP contribution in [0.15, 0.2) is 61.2 Å². The lowest BCUT2D eigenvalue weighted by Crippen LogP contribution is -1.98. The number of ether oxygens (including phenoxy) is 1. The van der Waals surface area contributed by atoms with E-state index >= 15 is 0 Å². The van der Waals surface area contributed by atoms with E-state index < -0.39 is 11.6 Å². The first-order chi connectivity index (χ1) is 15.9. The summed E-state index contributed by atoms with van der Waals surface area (Å²) in [5.74, 6) is -0.794. The van der Waals surface area contributed by atoms with Crippen molar-refractivity contribution in [2.45, 2.75) is 13.8 Å². The number of nitrogens with one attached hydrogen (secondary N) is 1. The van der Waals surface area contributed by atoms with Gasteiger partial charge in [-0.25, -0.2) is 18.3 Å². The minimum Gasteiger partial charge on any atom is -0.494 e. The molecule has 2 aromatic carbocycles. The highest BCUT2D eigenvalue weighted by Crippen LogP contribution is 2.30. The number of aryl methyl sites for hydroxylation is 2. The summed E-state index contributed by atoms with van der Waals surface area (Å²) in [7, 11) is 1.60. The molecule has 5 rings (SSSR count). The quantitative estimate of drug-likeness (QED) is 0.400. The number of hydrogen-bond donors (Lipinski definition) is 1. The maximum atomic E-state index is 13.8. The summed E-state index contributed by atoms with van der Waals surface area (Å²) in [6.07, 6.45) is 5.46. The van der Waals surface area contributed by atoms with Crippen molar-refractivity contribution in [2.75, 3.05) is 12.4 Å². The summed E-state index contributed by atoms with van der Waals surface area (Å²) in [6.45, 7) is 3.82. The predicted molar refractivity (Wildman–Crippen MR) is 121 cm³/mol. The van der Waals surface area contributed by atoms with E-state index in [0.717, 1.165) is 34.8 Å². The Morgan fingerprint density at radius 1 is 0.970 bits per heavy atom.